The molecule has 2 aromatic heterocycles. The number of hydrogen-bond acceptors (Lipinski definition) is 4. The molecule has 1 aliphatic heterocycles. The van der Waals surface area contributed by atoms with Gasteiger partial charge in [-0.05, 0) is 51.4 Å². The van der Waals surface area contributed by atoms with Gasteiger partial charge in [-0.25, -0.2) is 9.50 Å². The molecule has 1 aliphatic rings. The molecule has 1 saturated heterocycles. The van der Waals surface area contributed by atoms with Crippen LogP contribution in [-0.2, 0) is 11.0 Å². The first kappa shape index (κ1) is 21.3. The number of aromatic nitrogens is 3. The Labute approximate surface area is 178 Å². The number of carbonyl (C=O) groups excluding carboxylic acids is 1. The molecule has 31 heavy (non-hydrogen) atoms. The van der Waals surface area contributed by atoms with Gasteiger partial charge in [0, 0.05) is 29.9 Å². The van der Waals surface area contributed by atoms with E-state index in [1.54, 1.807) is 6.07 Å². The Morgan fingerprint density at radius 2 is 2.00 bits per heavy atom. The molecule has 1 fully saturated rings. The maximum absolute atomic E-state index is 13.5. The summed E-state index contributed by atoms with van der Waals surface area (Å²) in [6.07, 6.45) is -2.58. The summed E-state index contributed by atoms with van der Waals surface area (Å²) >= 11 is 0. The molecular weight excluding hydrogens is 407 g/mol. The predicted molar refractivity (Wildman–Crippen MR) is 111 cm³/mol. The van der Waals surface area contributed by atoms with Gasteiger partial charge in [-0.2, -0.15) is 18.3 Å². The van der Waals surface area contributed by atoms with Crippen LogP contribution in [0.3, 0.4) is 0 Å². The summed E-state index contributed by atoms with van der Waals surface area (Å²) in [4.78, 5) is 18.8. The molecule has 0 aliphatic carbocycles. The molecule has 0 bridgehead atoms. The normalized spacial score (nSPS) is 18.4. The van der Waals surface area contributed by atoms with E-state index in [1.165, 1.54) is 6.92 Å². The van der Waals surface area contributed by atoms with E-state index < -0.39 is 11.9 Å². The van der Waals surface area contributed by atoms with Gasteiger partial charge in [0.2, 0.25) is 5.91 Å². The Bertz CT molecular complexity index is 1080. The highest BCUT2D eigenvalue weighted by Gasteiger charge is 2.37. The number of carbonyl (C=O) groups is 1. The first-order valence-electron chi connectivity index (χ1n) is 10.3. The van der Waals surface area contributed by atoms with Gasteiger partial charge in [0.1, 0.15) is 5.69 Å². The number of nitrogens with one attached hydrogen (secondary N) is 1. The number of halogens is 3. The second-order valence-corrected chi connectivity index (χ2v) is 7.98. The van der Waals surface area contributed by atoms with E-state index in [0.717, 1.165) is 35.7 Å². The van der Waals surface area contributed by atoms with E-state index in [4.69, 9.17) is 0 Å². The fraction of sp³-hybridized carbons (Fsp3) is 0.409. The number of rotatable bonds is 5. The van der Waals surface area contributed by atoms with Crippen LogP contribution >= 0.6 is 0 Å². The van der Waals surface area contributed by atoms with E-state index in [2.05, 4.69) is 20.3 Å². The number of amides is 1. The zero-order chi connectivity index (χ0) is 22.2. The minimum Gasteiger partial charge on any atom is -0.326 e. The van der Waals surface area contributed by atoms with Gasteiger partial charge < -0.3 is 5.32 Å². The van der Waals surface area contributed by atoms with Crippen LogP contribution in [0.15, 0.2) is 42.5 Å². The number of aryl methyl sites for hydroxylation is 1. The molecule has 0 unspecified atom stereocenters. The van der Waals surface area contributed by atoms with Crippen molar-refractivity contribution >= 4 is 17.2 Å². The second-order valence-electron chi connectivity index (χ2n) is 7.98. The fourth-order valence-corrected chi connectivity index (χ4v) is 4.24. The summed E-state index contributed by atoms with van der Waals surface area (Å²) in [6.45, 7) is 4.26. The Morgan fingerprint density at radius 3 is 2.71 bits per heavy atom. The van der Waals surface area contributed by atoms with Crippen LogP contribution in [0.1, 0.15) is 49.3 Å². The lowest BCUT2D eigenvalue weighted by atomic mass is 10.1. The standard InChI is InChI=1S/C22H24F3N5O/c1-14-11-19(22(23,24)25)30-20(26-14)13-17(28-30)18-9-6-10-29(18)15(2)12-21(31)27-16-7-4-3-5-8-16/h3-5,7-8,11,13,15,18H,6,9-10,12H2,1-2H3,(H,27,31)/t15-,18+/m1/s1. The van der Waals surface area contributed by atoms with Crippen LogP contribution in [-0.4, -0.2) is 38.0 Å². The highest BCUT2D eigenvalue weighted by atomic mass is 19.4. The molecular formula is C22H24F3N5O. The highest BCUT2D eigenvalue weighted by Crippen LogP contribution is 2.35. The molecule has 3 aromatic rings. The van der Waals surface area contributed by atoms with Crippen LogP contribution in [0.25, 0.3) is 5.65 Å². The molecule has 9 heteroatoms. The molecule has 6 nitrogen and oxygen atoms in total. The molecule has 0 spiro atoms. The predicted octanol–water partition coefficient (Wildman–Crippen LogP) is 4.61. The summed E-state index contributed by atoms with van der Waals surface area (Å²) in [5.41, 5.74) is 0.931. The fourth-order valence-electron chi connectivity index (χ4n) is 4.24. The number of alkyl halides is 3. The summed E-state index contributed by atoms with van der Waals surface area (Å²) in [6, 6.07) is 11.6. The average molecular weight is 431 g/mol. The van der Waals surface area contributed by atoms with Crippen molar-refractivity contribution < 1.29 is 18.0 Å². The van der Waals surface area contributed by atoms with Crippen LogP contribution < -0.4 is 5.32 Å². The van der Waals surface area contributed by atoms with Gasteiger partial charge in [0.15, 0.2) is 5.65 Å². The minimum absolute atomic E-state index is 0.0854. The highest BCUT2D eigenvalue weighted by molar-refractivity contribution is 5.91. The van der Waals surface area contributed by atoms with E-state index in [0.29, 0.717) is 11.4 Å². The Balaban J connectivity index is 1.54. The number of para-hydroxylation sites is 1. The lowest BCUT2D eigenvalue weighted by Crippen LogP contribution is -2.35. The van der Waals surface area contributed by atoms with Crippen molar-refractivity contribution in [2.24, 2.45) is 0 Å². The SMILES string of the molecule is Cc1cc(C(F)(F)F)n2nc([C@@H]3CCCN3[C@H](C)CC(=O)Nc3ccccc3)cc2n1. The average Bonchev–Trinajstić information content (AvgIpc) is 3.33. The van der Waals surface area contributed by atoms with Gasteiger partial charge >= 0.3 is 6.18 Å². The van der Waals surface area contributed by atoms with Crippen LogP contribution in [0.5, 0.6) is 0 Å². The summed E-state index contributed by atoms with van der Waals surface area (Å²) in [5, 5.41) is 7.16. The zero-order valence-corrected chi connectivity index (χ0v) is 17.4. The number of hydrogen-bond donors (Lipinski definition) is 1. The van der Waals surface area contributed by atoms with E-state index >= 15 is 0 Å². The van der Waals surface area contributed by atoms with Crippen molar-refractivity contribution in [2.75, 3.05) is 11.9 Å². The number of benzene rings is 1. The Kier molecular flexibility index (Phi) is 5.70. The van der Waals surface area contributed by atoms with Crippen molar-refractivity contribution in [1.29, 1.82) is 0 Å². The van der Waals surface area contributed by atoms with Crippen LogP contribution in [0, 0.1) is 6.92 Å². The van der Waals surface area contributed by atoms with Crippen LogP contribution in [0.4, 0.5) is 18.9 Å². The molecule has 1 N–H and O–H groups in total. The van der Waals surface area contributed by atoms with Crippen molar-refractivity contribution in [3.05, 3.63) is 59.5 Å². The molecule has 164 valence electrons. The lowest BCUT2D eigenvalue weighted by Gasteiger charge is -2.29. The second kappa shape index (κ2) is 8.30. The smallest absolute Gasteiger partial charge is 0.326 e. The van der Waals surface area contributed by atoms with E-state index in [9.17, 15) is 18.0 Å². The third-order valence-electron chi connectivity index (χ3n) is 5.60. The number of likely N-dealkylation sites (tertiary alicyclic amines) is 1. The summed E-state index contributed by atoms with van der Waals surface area (Å²) in [5.74, 6) is -0.101. The zero-order valence-electron chi connectivity index (χ0n) is 17.4. The Morgan fingerprint density at radius 1 is 1.26 bits per heavy atom. The van der Waals surface area contributed by atoms with Gasteiger partial charge in [-0.3, -0.25) is 9.69 Å². The Hall–Kier alpha value is -2.94. The molecule has 3 heterocycles. The largest absolute Gasteiger partial charge is 0.433 e. The van der Waals surface area contributed by atoms with E-state index in [-0.39, 0.29) is 30.1 Å². The lowest BCUT2D eigenvalue weighted by molar-refractivity contribution is -0.142. The van der Waals surface area contributed by atoms with Gasteiger partial charge in [-0.1, -0.05) is 18.2 Å². The van der Waals surface area contributed by atoms with Gasteiger partial charge in [-0.15, -0.1) is 0 Å². The third-order valence-corrected chi connectivity index (χ3v) is 5.60. The van der Waals surface area contributed by atoms with Gasteiger partial charge in [0.25, 0.3) is 0 Å². The maximum atomic E-state index is 13.5. The van der Waals surface area contributed by atoms with Crippen molar-refractivity contribution in [1.82, 2.24) is 19.5 Å². The molecule has 2 atom stereocenters. The molecule has 0 radical (unpaired) electrons. The topological polar surface area (TPSA) is 62.5 Å². The third kappa shape index (κ3) is 4.56. The first-order chi connectivity index (χ1) is 14.7. The summed E-state index contributed by atoms with van der Waals surface area (Å²) < 4.78 is 41.3. The molecule has 1 aromatic carbocycles. The van der Waals surface area contributed by atoms with Crippen molar-refractivity contribution in [3.63, 3.8) is 0 Å². The summed E-state index contributed by atoms with van der Waals surface area (Å²) in [7, 11) is 0. The van der Waals surface area contributed by atoms with Gasteiger partial charge in [0.05, 0.1) is 11.7 Å². The number of fused-ring (bicyclic) bond motifs is 1. The quantitative estimate of drug-likeness (QED) is 0.641. The van der Waals surface area contributed by atoms with Crippen LogP contribution in [0.2, 0.25) is 0 Å². The minimum atomic E-state index is -4.52. The molecule has 0 saturated carbocycles. The van der Waals surface area contributed by atoms with E-state index in [1.807, 2.05) is 37.3 Å². The molecule has 4 rings (SSSR count). The number of nitrogens with zero attached hydrogens (tertiary/aromatic N) is 4. The monoisotopic (exact) mass is 431 g/mol. The maximum Gasteiger partial charge on any atom is 0.433 e. The molecule has 1 amide bonds. The first-order valence-corrected chi connectivity index (χ1v) is 10.3. The number of anilines is 1. The van der Waals surface area contributed by atoms with Crippen molar-refractivity contribution in [3.8, 4) is 0 Å². The van der Waals surface area contributed by atoms with Crippen molar-refractivity contribution in [2.45, 2.75) is 51.4 Å².